The highest BCUT2D eigenvalue weighted by Gasteiger charge is 2.28. The topological polar surface area (TPSA) is 46.1 Å². The van der Waals surface area contributed by atoms with Crippen molar-refractivity contribution in [2.75, 3.05) is 53.1 Å². The fraction of sp³-hybridized carbons (Fsp3) is 0.682. The Morgan fingerprint density at radius 1 is 1.30 bits per heavy atom. The number of piperidine rings is 1. The van der Waals surface area contributed by atoms with Crippen LogP contribution in [0, 0.1) is 11.8 Å². The zero-order valence-electron chi connectivity index (χ0n) is 16.9. The average molecular weight is 374 g/mol. The van der Waals surface area contributed by atoms with Crippen LogP contribution < -0.4 is 5.32 Å². The molecular weight excluding hydrogens is 338 g/mol. The number of hydrogen-bond donors (Lipinski definition) is 1. The predicted octanol–water partition coefficient (Wildman–Crippen LogP) is 3.13. The van der Waals surface area contributed by atoms with E-state index in [0.29, 0.717) is 17.8 Å². The molecule has 27 heavy (non-hydrogen) atoms. The van der Waals surface area contributed by atoms with E-state index in [4.69, 9.17) is 9.47 Å². The van der Waals surface area contributed by atoms with Crippen LogP contribution in [-0.4, -0.2) is 64.0 Å². The zero-order chi connectivity index (χ0) is 18.9. The summed E-state index contributed by atoms with van der Waals surface area (Å²) in [4.78, 5) is 6.90. The van der Waals surface area contributed by atoms with Gasteiger partial charge >= 0.3 is 0 Å². The number of hydrogen-bond acceptors (Lipinski definition) is 3. The maximum absolute atomic E-state index is 5.79. The lowest BCUT2D eigenvalue weighted by molar-refractivity contribution is 0.0886. The molecule has 1 aromatic carbocycles. The lowest BCUT2D eigenvalue weighted by atomic mass is 9.82. The summed E-state index contributed by atoms with van der Waals surface area (Å²) >= 11 is 0. The molecular formula is C22H35N3O2. The molecule has 2 fully saturated rings. The van der Waals surface area contributed by atoms with Crippen molar-refractivity contribution in [3.8, 4) is 0 Å². The Kier molecular flexibility index (Phi) is 7.96. The number of benzene rings is 1. The van der Waals surface area contributed by atoms with Crippen molar-refractivity contribution in [1.82, 2.24) is 10.2 Å². The summed E-state index contributed by atoms with van der Waals surface area (Å²) in [6.45, 7) is 8.76. The SMILES string of the molecule is CN=C(NCCCOCC1CCOC1)N1CCC(c2ccccc2)C(C)C1. The maximum Gasteiger partial charge on any atom is 0.193 e. The number of nitrogens with zero attached hydrogens (tertiary/aromatic N) is 2. The number of guanidine groups is 1. The van der Waals surface area contributed by atoms with Gasteiger partial charge in [-0.2, -0.15) is 0 Å². The van der Waals surface area contributed by atoms with E-state index in [9.17, 15) is 0 Å². The predicted molar refractivity (Wildman–Crippen MR) is 110 cm³/mol. The van der Waals surface area contributed by atoms with Crippen LogP contribution in [0.15, 0.2) is 35.3 Å². The van der Waals surface area contributed by atoms with Crippen LogP contribution in [0.2, 0.25) is 0 Å². The third-order valence-corrected chi connectivity index (χ3v) is 5.77. The van der Waals surface area contributed by atoms with Crippen molar-refractivity contribution in [3.05, 3.63) is 35.9 Å². The van der Waals surface area contributed by atoms with Crippen molar-refractivity contribution >= 4 is 5.96 Å². The van der Waals surface area contributed by atoms with E-state index in [-0.39, 0.29) is 0 Å². The minimum Gasteiger partial charge on any atom is -0.381 e. The van der Waals surface area contributed by atoms with E-state index in [0.717, 1.165) is 64.9 Å². The number of aliphatic imine (C=N–C) groups is 1. The van der Waals surface area contributed by atoms with Crippen LogP contribution in [0.5, 0.6) is 0 Å². The first-order chi connectivity index (χ1) is 13.3. The Morgan fingerprint density at radius 2 is 2.15 bits per heavy atom. The van der Waals surface area contributed by atoms with E-state index in [1.807, 2.05) is 7.05 Å². The van der Waals surface area contributed by atoms with Gasteiger partial charge in [-0.3, -0.25) is 4.99 Å². The van der Waals surface area contributed by atoms with Gasteiger partial charge in [0.05, 0.1) is 13.2 Å². The van der Waals surface area contributed by atoms with Gasteiger partial charge in [0.25, 0.3) is 0 Å². The van der Waals surface area contributed by atoms with Crippen molar-refractivity contribution in [2.45, 2.75) is 32.1 Å². The van der Waals surface area contributed by atoms with Crippen LogP contribution in [0.3, 0.4) is 0 Å². The van der Waals surface area contributed by atoms with Crippen LogP contribution in [0.25, 0.3) is 0 Å². The Labute approximate surface area is 164 Å². The summed E-state index contributed by atoms with van der Waals surface area (Å²) < 4.78 is 11.2. The minimum atomic E-state index is 0.595. The molecule has 2 aliphatic heterocycles. The summed E-state index contributed by atoms with van der Waals surface area (Å²) in [5.41, 5.74) is 1.47. The molecule has 0 saturated carbocycles. The highest BCUT2D eigenvalue weighted by molar-refractivity contribution is 5.80. The largest absolute Gasteiger partial charge is 0.381 e. The van der Waals surface area contributed by atoms with Gasteiger partial charge in [-0.25, -0.2) is 0 Å². The number of nitrogens with one attached hydrogen (secondary N) is 1. The second-order valence-corrected chi connectivity index (χ2v) is 7.86. The Bertz CT molecular complexity index is 572. The molecule has 0 spiro atoms. The van der Waals surface area contributed by atoms with Crippen LogP contribution >= 0.6 is 0 Å². The van der Waals surface area contributed by atoms with E-state index in [1.54, 1.807) is 0 Å². The summed E-state index contributed by atoms with van der Waals surface area (Å²) in [6.07, 6.45) is 3.32. The third kappa shape index (κ3) is 5.94. The minimum absolute atomic E-state index is 0.595. The Hall–Kier alpha value is -1.59. The molecule has 0 aliphatic carbocycles. The summed E-state index contributed by atoms with van der Waals surface area (Å²) in [7, 11) is 1.88. The molecule has 0 bridgehead atoms. The first kappa shape index (κ1) is 20.2. The van der Waals surface area contributed by atoms with E-state index in [1.165, 1.54) is 12.0 Å². The molecule has 5 nitrogen and oxygen atoms in total. The van der Waals surface area contributed by atoms with Gasteiger partial charge in [0.2, 0.25) is 0 Å². The second-order valence-electron chi connectivity index (χ2n) is 7.86. The van der Waals surface area contributed by atoms with Gasteiger partial charge in [0.15, 0.2) is 5.96 Å². The van der Waals surface area contributed by atoms with Crippen molar-refractivity contribution in [2.24, 2.45) is 16.8 Å². The molecule has 0 radical (unpaired) electrons. The molecule has 150 valence electrons. The highest BCUT2D eigenvalue weighted by atomic mass is 16.5. The standard InChI is InChI=1S/C22H35N3O2/c1-18-15-25(12-9-21(18)20-7-4-3-5-8-20)22(23-2)24-11-6-13-26-16-19-10-14-27-17-19/h3-5,7-8,18-19,21H,6,9-17H2,1-2H3,(H,23,24). The molecule has 1 N–H and O–H groups in total. The molecule has 2 aliphatic rings. The highest BCUT2D eigenvalue weighted by Crippen LogP contribution is 2.32. The fourth-order valence-electron chi connectivity index (χ4n) is 4.20. The molecule has 3 atom stereocenters. The molecule has 5 heteroatoms. The second kappa shape index (κ2) is 10.7. The quantitative estimate of drug-likeness (QED) is 0.453. The molecule has 1 aromatic rings. The summed E-state index contributed by atoms with van der Waals surface area (Å²) in [5.74, 6) is 2.89. The molecule has 0 amide bonds. The van der Waals surface area contributed by atoms with E-state index in [2.05, 4.69) is 52.5 Å². The number of rotatable bonds is 7. The van der Waals surface area contributed by atoms with E-state index >= 15 is 0 Å². The first-order valence-electron chi connectivity index (χ1n) is 10.4. The monoisotopic (exact) mass is 373 g/mol. The normalized spacial score (nSPS) is 26.4. The maximum atomic E-state index is 5.79. The molecule has 3 unspecified atom stereocenters. The molecule has 2 heterocycles. The van der Waals surface area contributed by atoms with Crippen LogP contribution in [0.1, 0.15) is 37.7 Å². The van der Waals surface area contributed by atoms with Crippen LogP contribution in [-0.2, 0) is 9.47 Å². The first-order valence-corrected chi connectivity index (χ1v) is 10.4. The van der Waals surface area contributed by atoms with Gasteiger partial charge in [-0.15, -0.1) is 0 Å². The Morgan fingerprint density at radius 3 is 2.85 bits per heavy atom. The average Bonchev–Trinajstić information content (AvgIpc) is 3.21. The van der Waals surface area contributed by atoms with Crippen molar-refractivity contribution < 1.29 is 9.47 Å². The molecule has 3 rings (SSSR count). The number of ether oxygens (including phenoxy) is 2. The van der Waals surface area contributed by atoms with Crippen molar-refractivity contribution in [3.63, 3.8) is 0 Å². The number of likely N-dealkylation sites (tertiary alicyclic amines) is 1. The van der Waals surface area contributed by atoms with Gasteiger partial charge in [0, 0.05) is 45.8 Å². The van der Waals surface area contributed by atoms with Gasteiger partial charge in [-0.05, 0) is 36.7 Å². The zero-order valence-corrected chi connectivity index (χ0v) is 16.9. The fourth-order valence-corrected chi connectivity index (χ4v) is 4.20. The van der Waals surface area contributed by atoms with Gasteiger partial charge in [0.1, 0.15) is 0 Å². The molecule has 0 aromatic heterocycles. The third-order valence-electron chi connectivity index (χ3n) is 5.77. The summed E-state index contributed by atoms with van der Waals surface area (Å²) in [5, 5.41) is 3.51. The van der Waals surface area contributed by atoms with E-state index < -0.39 is 0 Å². The van der Waals surface area contributed by atoms with Gasteiger partial charge < -0.3 is 19.7 Å². The summed E-state index contributed by atoms with van der Waals surface area (Å²) in [6, 6.07) is 10.9. The van der Waals surface area contributed by atoms with Crippen LogP contribution in [0.4, 0.5) is 0 Å². The molecule has 2 saturated heterocycles. The lowest BCUT2D eigenvalue weighted by Crippen LogP contribution is -2.48. The lowest BCUT2D eigenvalue weighted by Gasteiger charge is -2.39. The van der Waals surface area contributed by atoms with Gasteiger partial charge in [-0.1, -0.05) is 37.3 Å². The smallest absolute Gasteiger partial charge is 0.193 e. The van der Waals surface area contributed by atoms with Crippen molar-refractivity contribution in [1.29, 1.82) is 0 Å². The Balaban J connectivity index is 1.35.